The van der Waals surface area contributed by atoms with Crippen LogP contribution in [0.15, 0.2) is 11.6 Å². The van der Waals surface area contributed by atoms with Gasteiger partial charge in [0.15, 0.2) is 6.20 Å². The summed E-state index contributed by atoms with van der Waals surface area (Å²) < 4.78 is 2.10. The zero-order valence-electron chi connectivity index (χ0n) is 4.89. The van der Waals surface area contributed by atoms with E-state index in [9.17, 15) is 0 Å². The molecule has 0 aliphatic heterocycles. The second-order valence-electron chi connectivity index (χ2n) is 1.53. The van der Waals surface area contributed by atoms with Crippen molar-refractivity contribution < 1.29 is 21.5 Å². The fourth-order valence-corrected chi connectivity index (χ4v) is 1.08. The summed E-state index contributed by atoms with van der Waals surface area (Å²) in [4.78, 5) is 0. The van der Waals surface area contributed by atoms with E-state index in [1.54, 1.807) is 11.3 Å². The summed E-state index contributed by atoms with van der Waals surface area (Å²) in [5.74, 6) is 0. The first-order chi connectivity index (χ1) is 3.30. The van der Waals surface area contributed by atoms with Crippen LogP contribution in [0, 0.1) is 6.92 Å². The highest BCUT2D eigenvalue weighted by molar-refractivity contribution is 7.09. The van der Waals surface area contributed by atoms with E-state index in [-0.39, 0.29) is 17.0 Å². The molecular weight excluding hydrogens is 186 g/mol. The molecule has 0 N–H and O–H groups in total. The van der Waals surface area contributed by atoms with E-state index in [0.717, 1.165) is 0 Å². The fourth-order valence-electron chi connectivity index (χ4n) is 0.408. The molecule has 8 heavy (non-hydrogen) atoms. The van der Waals surface area contributed by atoms with Crippen molar-refractivity contribution in [2.45, 2.75) is 6.92 Å². The Morgan fingerprint density at radius 2 is 2.25 bits per heavy atom. The van der Waals surface area contributed by atoms with Gasteiger partial charge in [-0.3, -0.25) is 0 Å². The van der Waals surface area contributed by atoms with Crippen molar-refractivity contribution in [1.29, 1.82) is 0 Å². The van der Waals surface area contributed by atoms with Gasteiger partial charge in [0, 0.05) is 6.92 Å². The summed E-state index contributed by atoms with van der Waals surface area (Å²) >= 11 is 1.77. The Bertz CT molecular complexity index is 145. The topological polar surface area (TPSA) is 3.88 Å². The minimum atomic E-state index is 0. The molecule has 0 atom stereocenters. The van der Waals surface area contributed by atoms with Crippen molar-refractivity contribution in [3.8, 4) is 0 Å². The minimum absolute atomic E-state index is 0. The summed E-state index contributed by atoms with van der Waals surface area (Å²) in [5.41, 5.74) is 0. The van der Waals surface area contributed by atoms with Crippen LogP contribution in [0.1, 0.15) is 5.01 Å². The van der Waals surface area contributed by atoms with Gasteiger partial charge < -0.3 is 17.0 Å². The molecule has 0 aromatic carbocycles. The van der Waals surface area contributed by atoms with Gasteiger partial charge in [-0.2, -0.15) is 4.57 Å². The number of halogens is 1. The highest BCUT2D eigenvalue weighted by Gasteiger charge is 1.95. The Morgan fingerprint density at radius 1 is 1.62 bits per heavy atom. The number of rotatable bonds is 0. The summed E-state index contributed by atoms with van der Waals surface area (Å²) in [6.07, 6.45) is 2.06. The molecule has 0 unspecified atom stereocenters. The van der Waals surface area contributed by atoms with Crippen LogP contribution in [-0.2, 0) is 7.05 Å². The smallest absolute Gasteiger partial charge is 0.233 e. The molecule has 1 nitrogen and oxygen atoms in total. The molecule has 0 saturated carbocycles. The lowest BCUT2D eigenvalue weighted by atomic mass is 10.8. The molecule has 0 saturated heterocycles. The molecule has 0 amide bonds. The molecule has 3 heteroatoms. The zero-order chi connectivity index (χ0) is 5.28. The molecule has 1 aromatic heterocycles. The number of hydrogen-bond donors (Lipinski definition) is 0. The van der Waals surface area contributed by atoms with Gasteiger partial charge in [0.2, 0.25) is 5.01 Å². The van der Waals surface area contributed by atoms with Crippen molar-refractivity contribution in [1.82, 2.24) is 0 Å². The van der Waals surface area contributed by atoms with Crippen LogP contribution in [0.3, 0.4) is 0 Å². The first-order valence-electron chi connectivity index (χ1n) is 2.20. The third-order valence-corrected chi connectivity index (χ3v) is 1.91. The first kappa shape index (κ1) is 8.11. The fraction of sp³-hybridized carbons (Fsp3) is 0.400. The van der Waals surface area contributed by atoms with Crippen LogP contribution < -0.4 is 21.5 Å². The van der Waals surface area contributed by atoms with E-state index in [1.807, 2.05) is 7.05 Å². The van der Waals surface area contributed by atoms with Crippen LogP contribution in [0.2, 0.25) is 0 Å². The van der Waals surface area contributed by atoms with Gasteiger partial charge in [-0.05, 0) is 0 Å². The van der Waals surface area contributed by atoms with Gasteiger partial charge in [-0.25, -0.2) is 0 Å². The number of hydrogen-bond acceptors (Lipinski definition) is 1. The van der Waals surface area contributed by atoms with Crippen molar-refractivity contribution in [3.63, 3.8) is 0 Å². The Labute approximate surface area is 63.7 Å². The SMILES string of the molecule is Cc1scc[n+]1C.[Br-]. The number of thiazole rings is 1. The highest BCUT2D eigenvalue weighted by Crippen LogP contribution is 1.95. The highest BCUT2D eigenvalue weighted by atomic mass is 79.9. The van der Waals surface area contributed by atoms with Crippen LogP contribution in [0.4, 0.5) is 0 Å². The predicted octanol–water partition coefficient (Wildman–Crippen LogP) is -2.11. The van der Waals surface area contributed by atoms with Gasteiger partial charge in [0.05, 0.1) is 5.38 Å². The maximum atomic E-state index is 2.10. The molecule has 0 bridgehead atoms. The van der Waals surface area contributed by atoms with E-state index < -0.39 is 0 Å². The molecule has 0 radical (unpaired) electrons. The molecule has 1 rings (SSSR count). The van der Waals surface area contributed by atoms with E-state index in [1.165, 1.54) is 5.01 Å². The van der Waals surface area contributed by atoms with Crippen molar-refractivity contribution in [3.05, 3.63) is 16.6 Å². The molecule has 0 fully saturated rings. The monoisotopic (exact) mass is 193 g/mol. The first-order valence-corrected chi connectivity index (χ1v) is 3.08. The maximum absolute atomic E-state index is 2.10. The van der Waals surface area contributed by atoms with Crippen LogP contribution in [-0.4, -0.2) is 0 Å². The summed E-state index contributed by atoms with van der Waals surface area (Å²) in [6.45, 7) is 2.10. The van der Waals surface area contributed by atoms with Crippen LogP contribution in [0.25, 0.3) is 0 Å². The van der Waals surface area contributed by atoms with E-state index in [2.05, 4.69) is 23.1 Å². The number of nitrogens with zero attached hydrogens (tertiary/aromatic N) is 1. The van der Waals surface area contributed by atoms with Gasteiger partial charge in [0.25, 0.3) is 0 Å². The Kier molecular flexibility index (Phi) is 3.24. The third kappa shape index (κ3) is 1.56. The van der Waals surface area contributed by atoms with Crippen LogP contribution in [0.5, 0.6) is 0 Å². The van der Waals surface area contributed by atoms with Gasteiger partial charge in [0.1, 0.15) is 7.05 Å². The lowest BCUT2D eigenvalue weighted by molar-refractivity contribution is -0.672. The third-order valence-electron chi connectivity index (χ3n) is 1.02. The van der Waals surface area contributed by atoms with Gasteiger partial charge in [-0.15, -0.1) is 0 Å². The van der Waals surface area contributed by atoms with Crippen molar-refractivity contribution in [2.24, 2.45) is 7.05 Å². The van der Waals surface area contributed by atoms with E-state index >= 15 is 0 Å². The van der Waals surface area contributed by atoms with E-state index in [4.69, 9.17) is 0 Å². The summed E-state index contributed by atoms with van der Waals surface area (Å²) in [7, 11) is 2.05. The lowest BCUT2D eigenvalue weighted by Gasteiger charge is -1.74. The molecule has 0 spiro atoms. The number of aryl methyl sites for hydroxylation is 2. The molecule has 1 aromatic rings. The molecule has 0 aliphatic carbocycles. The Hall–Kier alpha value is 0.110. The second-order valence-corrected chi connectivity index (χ2v) is 2.63. The molecule has 46 valence electrons. The molecule has 1 heterocycles. The molecular formula is C5H8BrNS. The van der Waals surface area contributed by atoms with E-state index in [0.29, 0.717) is 0 Å². The summed E-state index contributed by atoms with van der Waals surface area (Å²) in [5, 5.41) is 3.43. The average Bonchev–Trinajstić information content (AvgIpc) is 1.91. The lowest BCUT2D eigenvalue weighted by Crippen LogP contribution is -3.00. The van der Waals surface area contributed by atoms with Gasteiger partial charge >= 0.3 is 0 Å². The second kappa shape index (κ2) is 3.20. The standard InChI is InChI=1S/C5H8NS.BrH/c1-5-6(2)3-4-7-5;/h3-4H,1-2H3;1H/q+1;/p-1. The quantitative estimate of drug-likeness (QED) is 0.416. The largest absolute Gasteiger partial charge is 1.00 e. The zero-order valence-corrected chi connectivity index (χ0v) is 7.29. The Morgan fingerprint density at radius 3 is 2.38 bits per heavy atom. The normalized spacial score (nSPS) is 8.25. The summed E-state index contributed by atoms with van der Waals surface area (Å²) in [6, 6.07) is 0. The van der Waals surface area contributed by atoms with Crippen molar-refractivity contribution in [2.75, 3.05) is 0 Å². The predicted molar refractivity (Wildman–Crippen MR) is 30.2 cm³/mol. The minimum Gasteiger partial charge on any atom is -1.00 e. The average molecular weight is 194 g/mol. The molecule has 0 aliphatic rings. The van der Waals surface area contributed by atoms with Gasteiger partial charge in [-0.1, -0.05) is 11.3 Å². The van der Waals surface area contributed by atoms with Crippen LogP contribution >= 0.6 is 11.3 Å². The number of aromatic nitrogens is 1. The maximum Gasteiger partial charge on any atom is 0.233 e. The Balaban J connectivity index is 0.000000490. The van der Waals surface area contributed by atoms with Crippen molar-refractivity contribution >= 4 is 11.3 Å².